The number of hydrogen-bond acceptors (Lipinski definition) is 9. The van der Waals surface area contributed by atoms with Gasteiger partial charge in [0.05, 0.1) is 25.7 Å². The fourth-order valence-corrected chi connectivity index (χ4v) is 4.11. The van der Waals surface area contributed by atoms with Crippen molar-refractivity contribution in [1.29, 1.82) is 0 Å². The predicted molar refractivity (Wildman–Crippen MR) is 154 cm³/mol. The zero-order valence-corrected chi connectivity index (χ0v) is 24.0. The van der Waals surface area contributed by atoms with Crippen LogP contribution in [0.25, 0.3) is 11.2 Å². The summed E-state index contributed by atoms with van der Waals surface area (Å²) in [5.41, 5.74) is 12.9. The Labute approximate surface area is 232 Å². The molecule has 4 N–H and O–H groups in total. The predicted octanol–water partition coefficient (Wildman–Crippen LogP) is 4.96. The van der Waals surface area contributed by atoms with Crippen molar-refractivity contribution in [2.24, 2.45) is 17.6 Å². The summed E-state index contributed by atoms with van der Waals surface area (Å²) in [6.45, 7) is 6.80. The molecule has 0 aliphatic rings. The van der Waals surface area contributed by atoms with Crippen LogP contribution < -0.4 is 11.5 Å². The van der Waals surface area contributed by atoms with Crippen LogP contribution in [0, 0.1) is 11.8 Å². The smallest absolute Gasteiger partial charge is 0.323 e. The highest BCUT2D eigenvalue weighted by Crippen LogP contribution is 2.16. The molecular formula is C29H48N6O4. The van der Waals surface area contributed by atoms with Crippen molar-refractivity contribution in [3.8, 4) is 0 Å². The zero-order chi connectivity index (χ0) is 28.5. The SMILES string of the molecule is CCCC/C=C/CCCCCCCC(=O)OCC[C@@H](COC(=O)[C@@H](N)C(C)C)Cn1cnc2cnc(N)nc21. The van der Waals surface area contributed by atoms with Crippen LogP contribution >= 0.6 is 0 Å². The lowest BCUT2D eigenvalue weighted by Gasteiger charge is -2.20. The first-order valence-corrected chi connectivity index (χ1v) is 14.5. The van der Waals surface area contributed by atoms with Crippen molar-refractivity contribution in [2.45, 2.75) is 104 Å². The van der Waals surface area contributed by atoms with Crippen molar-refractivity contribution >= 4 is 29.1 Å². The van der Waals surface area contributed by atoms with E-state index in [1.807, 2.05) is 18.4 Å². The van der Waals surface area contributed by atoms with Gasteiger partial charge in [-0.1, -0.05) is 65.0 Å². The molecular weight excluding hydrogens is 496 g/mol. The van der Waals surface area contributed by atoms with E-state index in [0.29, 0.717) is 30.6 Å². The monoisotopic (exact) mass is 544 g/mol. The molecule has 0 aliphatic carbocycles. The van der Waals surface area contributed by atoms with Crippen LogP contribution in [0.15, 0.2) is 24.7 Å². The van der Waals surface area contributed by atoms with E-state index in [1.54, 1.807) is 12.5 Å². The van der Waals surface area contributed by atoms with Crippen molar-refractivity contribution < 1.29 is 19.1 Å². The largest absolute Gasteiger partial charge is 0.466 e. The third-order valence-electron chi connectivity index (χ3n) is 6.72. The maximum atomic E-state index is 12.3. The molecule has 2 rings (SSSR count). The number of nitrogen functional groups attached to an aromatic ring is 1. The molecule has 39 heavy (non-hydrogen) atoms. The lowest BCUT2D eigenvalue weighted by Crippen LogP contribution is -2.38. The van der Waals surface area contributed by atoms with Crippen molar-refractivity contribution in [2.75, 3.05) is 18.9 Å². The van der Waals surface area contributed by atoms with Gasteiger partial charge < -0.3 is 25.5 Å². The second-order valence-corrected chi connectivity index (χ2v) is 10.5. The van der Waals surface area contributed by atoms with Gasteiger partial charge in [0.15, 0.2) is 5.65 Å². The summed E-state index contributed by atoms with van der Waals surface area (Å²) < 4.78 is 12.9. The average molecular weight is 545 g/mol. The number of nitrogens with two attached hydrogens (primary N) is 2. The molecule has 2 atom stereocenters. The van der Waals surface area contributed by atoms with Crippen molar-refractivity contribution in [1.82, 2.24) is 19.5 Å². The maximum absolute atomic E-state index is 12.3. The minimum absolute atomic E-state index is 0.0263. The molecule has 0 bridgehead atoms. The average Bonchev–Trinajstić information content (AvgIpc) is 3.30. The molecule has 0 unspecified atom stereocenters. The van der Waals surface area contributed by atoms with Crippen molar-refractivity contribution in [3.05, 3.63) is 24.7 Å². The summed E-state index contributed by atoms with van der Waals surface area (Å²) in [5.74, 6) is -0.641. The van der Waals surface area contributed by atoms with Gasteiger partial charge >= 0.3 is 11.9 Å². The Morgan fingerprint density at radius 3 is 2.49 bits per heavy atom. The second kappa shape index (κ2) is 18.3. The lowest BCUT2D eigenvalue weighted by molar-refractivity contribution is -0.149. The molecule has 0 spiro atoms. The number of aromatic nitrogens is 4. The quantitative estimate of drug-likeness (QED) is 0.134. The molecule has 218 valence electrons. The van der Waals surface area contributed by atoms with Gasteiger partial charge in [-0.3, -0.25) is 9.59 Å². The first-order chi connectivity index (χ1) is 18.8. The van der Waals surface area contributed by atoms with E-state index >= 15 is 0 Å². The molecule has 0 aromatic carbocycles. The third-order valence-corrected chi connectivity index (χ3v) is 6.72. The normalized spacial score (nSPS) is 13.3. The molecule has 2 heterocycles. The number of ether oxygens (including phenoxy) is 2. The summed E-state index contributed by atoms with van der Waals surface area (Å²) in [7, 11) is 0. The number of rotatable bonds is 20. The molecule has 2 aromatic rings. The summed E-state index contributed by atoms with van der Waals surface area (Å²) >= 11 is 0. The van der Waals surface area contributed by atoms with E-state index < -0.39 is 12.0 Å². The van der Waals surface area contributed by atoms with Gasteiger partial charge in [-0.15, -0.1) is 0 Å². The molecule has 10 nitrogen and oxygen atoms in total. The number of carbonyl (C=O) groups is 2. The Morgan fingerprint density at radius 2 is 1.74 bits per heavy atom. The molecule has 0 saturated carbocycles. The summed E-state index contributed by atoms with van der Waals surface area (Å²) in [5, 5.41) is 0. The van der Waals surface area contributed by atoms with Crippen LogP contribution in [0.5, 0.6) is 0 Å². The fourth-order valence-electron chi connectivity index (χ4n) is 4.11. The van der Waals surface area contributed by atoms with Crippen LogP contribution in [0.1, 0.15) is 91.4 Å². The van der Waals surface area contributed by atoms with Crippen LogP contribution in [0.3, 0.4) is 0 Å². The van der Waals surface area contributed by atoms with E-state index in [2.05, 4.69) is 34.0 Å². The lowest BCUT2D eigenvalue weighted by atomic mass is 10.1. The molecule has 0 fully saturated rings. The first-order valence-electron chi connectivity index (χ1n) is 14.5. The van der Waals surface area contributed by atoms with E-state index in [0.717, 1.165) is 25.7 Å². The number of esters is 2. The minimum atomic E-state index is -0.688. The summed E-state index contributed by atoms with van der Waals surface area (Å²) in [6, 6.07) is -0.688. The highest BCUT2D eigenvalue weighted by atomic mass is 16.5. The van der Waals surface area contributed by atoms with Crippen LogP contribution in [-0.4, -0.2) is 50.7 Å². The highest BCUT2D eigenvalue weighted by Gasteiger charge is 2.22. The Kier molecular flexibility index (Phi) is 15.1. The topological polar surface area (TPSA) is 148 Å². The van der Waals surface area contributed by atoms with E-state index in [9.17, 15) is 9.59 Å². The fraction of sp³-hybridized carbons (Fsp3) is 0.690. The first kappa shape index (κ1) is 32.2. The number of nitrogens with zero attached hydrogens (tertiary/aromatic N) is 4. The molecule has 2 aromatic heterocycles. The number of anilines is 1. The van der Waals surface area contributed by atoms with E-state index in [-0.39, 0.29) is 37.0 Å². The van der Waals surface area contributed by atoms with Gasteiger partial charge in [0.1, 0.15) is 11.6 Å². The molecule has 0 radical (unpaired) electrons. The van der Waals surface area contributed by atoms with E-state index in [4.69, 9.17) is 20.9 Å². The summed E-state index contributed by atoms with van der Waals surface area (Å²) in [4.78, 5) is 37.1. The number of carbonyl (C=O) groups excluding carboxylic acids is 2. The number of hydrogen-bond donors (Lipinski definition) is 2. The highest BCUT2D eigenvalue weighted by molar-refractivity contribution is 5.75. The molecule has 10 heteroatoms. The van der Waals surface area contributed by atoms with Gasteiger partial charge in [-0.05, 0) is 38.0 Å². The molecule has 0 aliphatic heterocycles. The Morgan fingerprint density at radius 1 is 1.03 bits per heavy atom. The zero-order valence-electron chi connectivity index (χ0n) is 24.0. The molecule has 0 amide bonds. The number of fused-ring (bicyclic) bond motifs is 1. The Hall–Kier alpha value is -3.01. The van der Waals surface area contributed by atoms with Gasteiger partial charge in [-0.2, -0.15) is 4.98 Å². The third kappa shape index (κ3) is 12.6. The van der Waals surface area contributed by atoms with E-state index in [1.165, 1.54) is 32.1 Å². The van der Waals surface area contributed by atoms with Gasteiger partial charge in [0, 0.05) is 18.9 Å². The summed E-state index contributed by atoms with van der Waals surface area (Å²) in [6.07, 6.45) is 18.9. The van der Waals surface area contributed by atoms with Gasteiger partial charge in [0.25, 0.3) is 0 Å². The van der Waals surface area contributed by atoms with Crippen LogP contribution in [-0.2, 0) is 25.6 Å². The van der Waals surface area contributed by atoms with Crippen molar-refractivity contribution in [3.63, 3.8) is 0 Å². The Balaban J connectivity index is 1.75. The van der Waals surface area contributed by atoms with Gasteiger partial charge in [0.2, 0.25) is 5.95 Å². The number of unbranched alkanes of at least 4 members (excludes halogenated alkanes) is 7. The van der Waals surface area contributed by atoms with Gasteiger partial charge in [-0.25, -0.2) is 9.97 Å². The number of allylic oxidation sites excluding steroid dienone is 2. The standard InChI is InChI=1S/C29H48N6O4/c1-4-5-6-7-8-9-10-11-12-13-14-15-25(36)38-17-16-23(20-39-28(37)26(30)22(2)3)19-35-21-33-24-18-32-29(31)34-27(24)35/h7-8,18,21-23,26H,4-6,9-17,19-20,30H2,1-3H3,(H2,31,32,34)/b8-7+/t23-,26+/m1/s1. The second-order valence-electron chi connectivity index (χ2n) is 10.5. The Bertz CT molecular complexity index is 1020. The van der Waals surface area contributed by atoms with Crippen LogP contribution in [0.2, 0.25) is 0 Å². The minimum Gasteiger partial charge on any atom is -0.466 e. The number of imidazole rings is 1. The maximum Gasteiger partial charge on any atom is 0.323 e. The van der Waals surface area contributed by atoms with Crippen LogP contribution in [0.4, 0.5) is 5.95 Å². The molecule has 0 saturated heterocycles.